The van der Waals surface area contributed by atoms with Crippen molar-refractivity contribution in [2.24, 2.45) is 0 Å². The lowest BCUT2D eigenvalue weighted by Crippen LogP contribution is -2.11. The molecule has 0 aliphatic heterocycles. The van der Waals surface area contributed by atoms with Crippen molar-refractivity contribution in [3.63, 3.8) is 0 Å². The summed E-state index contributed by atoms with van der Waals surface area (Å²) in [7, 11) is 0. The quantitative estimate of drug-likeness (QED) is 0.578. The van der Waals surface area contributed by atoms with Gasteiger partial charge < -0.3 is 4.42 Å². The van der Waals surface area contributed by atoms with Crippen molar-refractivity contribution in [1.82, 2.24) is 9.97 Å². The number of hydrogen-bond donors (Lipinski definition) is 0. The maximum Gasteiger partial charge on any atom is 0.451 e. The summed E-state index contributed by atoms with van der Waals surface area (Å²) in [5.41, 5.74) is 1.18. The second kappa shape index (κ2) is 5.71. The Balaban J connectivity index is 0.000000497. The minimum absolute atomic E-state index is 0.184. The number of furan rings is 1. The number of alkyl halides is 3. The fourth-order valence-corrected chi connectivity index (χ4v) is 1.86. The molecule has 0 amide bonds. The average molecular weight is 296 g/mol. The van der Waals surface area contributed by atoms with Gasteiger partial charge in [-0.2, -0.15) is 13.2 Å². The van der Waals surface area contributed by atoms with E-state index >= 15 is 0 Å². The van der Waals surface area contributed by atoms with Crippen LogP contribution in [0.1, 0.15) is 31.8 Å². The van der Waals surface area contributed by atoms with E-state index in [2.05, 4.69) is 23.8 Å². The summed E-state index contributed by atoms with van der Waals surface area (Å²) in [5.74, 6) is -1.14. The number of aryl methyl sites for hydroxylation is 1. The van der Waals surface area contributed by atoms with Crippen LogP contribution in [-0.2, 0) is 6.18 Å². The molecule has 0 fully saturated rings. The lowest BCUT2D eigenvalue weighted by molar-refractivity contribution is -0.144. The van der Waals surface area contributed by atoms with Gasteiger partial charge in [0.25, 0.3) is 0 Å². The van der Waals surface area contributed by atoms with Crippen LogP contribution in [0.4, 0.5) is 13.2 Å². The van der Waals surface area contributed by atoms with Gasteiger partial charge in [0, 0.05) is 5.39 Å². The van der Waals surface area contributed by atoms with Crippen LogP contribution >= 0.6 is 0 Å². The third-order valence-corrected chi connectivity index (χ3v) is 2.64. The summed E-state index contributed by atoms with van der Waals surface area (Å²) in [5, 5.41) is 0.559. The van der Waals surface area contributed by atoms with Gasteiger partial charge in [-0.25, -0.2) is 9.97 Å². The molecule has 0 spiro atoms. The van der Waals surface area contributed by atoms with Crippen LogP contribution in [0.2, 0.25) is 0 Å². The molecule has 3 rings (SSSR count). The third-order valence-electron chi connectivity index (χ3n) is 2.64. The van der Waals surface area contributed by atoms with Gasteiger partial charge in [-0.05, 0) is 19.1 Å². The zero-order valence-electron chi connectivity index (χ0n) is 12.0. The highest BCUT2D eigenvalue weighted by Crippen LogP contribution is 2.32. The molecule has 3 aromatic rings. The molecule has 2 aromatic heterocycles. The van der Waals surface area contributed by atoms with E-state index in [1.54, 1.807) is 24.3 Å². The third kappa shape index (κ3) is 2.99. The Kier molecular flexibility index (Phi) is 4.16. The van der Waals surface area contributed by atoms with Gasteiger partial charge in [-0.3, -0.25) is 0 Å². The number of hydrogen-bond acceptors (Lipinski definition) is 3. The summed E-state index contributed by atoms with van der Waals surface area (Å²) in [6, 6.07) is 6.83. The van der Waals surface area contributed by atoms with E-state index in [0.29, 0.717) is 16.6 Å². The van der Waals surface area contributed by atoms with E-state index in [4.69, 9.17) is 4.42 Å². The number of fused-ring (bicyclic) bond motifs is 3. The second-order valence-electron chi connectivity index (χ2n) is 4.61. The SMILES string of the molecule is CCC.Cc1nc(C(F)(F)F)nc2c1oc1ccccc12. The average Bonchev–Trinajstić information content (AvgIpc) is 2.78. The molecular weight excluding hydrogens is 281 g/mol. The number of para-hydroxylation sites is 1. The second-order valence-corrected chi connectivity index (χ2v) is 4.61. The molecule has 3 nitrogen and oxygen atoms in total. The molecule has 0 bridgehead atoms. The topological polar surface area (TPSA) is 38.9 Å². The number of halogens is 3. The Labute approximate surface area is 119 Å². The maximum absolute atomic E-state index is 12.6. The van der Waals surface area contributed by atoms with E-state index in [0.717, 1.165) is 0 Å². The molecule has 0 saturated heterocycles. The van der Waals surface area contributed by atoms with Gasteiger partial charge in [0.2, 0.25) is 5.82 Å². The van der Waals surface area contributed by atoms with Crippen LogP contribution in [0.15, 0.2) is 28.7 Å². The summed E-state index contributed by atoms with van der Waals surface area (Å²) in [6.45, 7) is 5.72. The first-order valence-electron chi connectivity index (χ1n) is 6.61. The molecule has 0 N–H and O–H groups in total. The molecule has 0 radical (unpaired) electrons. The van der Waals surface area contributed by atoms with E-state index in [9.17, 15) is 13.2 Å². The normalized spacial score (nSPS) is 11.5. The van der Waals surface area contributed by atoms with E-state index < -0.39 is 12.0 Å². The summed E-state index contributed by atoms with van der Waals surface area (Å²) in [6.07, 6.45) is -3.31. The van der Waals surface area contributed by atoms with Gasteiger partial charge in [0.05, 0.1) is 5.69 Å². The van der Waals surface area contributed by atoms with Gasteiger partial charge in [0.1, 0.15) is 11.1 Å². The molecule has 0 aliphatic rings. The lowest BCUT2D eigenvalue weighted by Gasteiger charge is -2.05. The predicted octanol–water partition coefficient (Wildman–Crippen LogP) is 5.12. The lowest BCUT2D eigenvalue weighted by atomic mass is 10.2. The van der Waals surface area contributed by atoms with Crippen LogP contribution in [0, 0.1) is 6.92 Å². The van der Waals surface area contributed by atoms with Crippen molar-refractivity contribution in [3.8, 4) is 0 Å². The molecular formula is C15H15F3N2O. The summed E-state index contributed by atoms with van der Waals surface area (Å²) < 4.78 is 43.4. The number of aromatic nitrogens is 2. The standard InChI is InChI=1S/C12H7F3N2O.C3H8/c1-6-10-9(17-11(16-6)12(13,14)15)7-4-2-3-5-8(7)18-10;1-3-2/h2-5H,1H3;3H2,1-2H3. The predicted molar refractivity (Wildman–Crippen MR) is 75.0 cm³/mol. The number of rotatable bonds is 0. The molecule has 2 heterocycles. The van der Waals surface area contributed by atoms with Crippen molar-refractivity contribution in [1.29, 1.82) is 0 Å². The van der Waals surface area contributed by atoms with E-state index in [1.807, 2.05) is 0 Å². The molecule has 0 saturated carbocycles. The summed E-state index contributed by atoms with van der Waals surface area (Å²) >= 11 is 0. The Morgan fingerprint density at radius 3 is 2.33 bits per heavy atom. The highest BCUT2D eigenvalue weighted by atomic mass is 19.4. The van der Waals surface area contributed by atoms with Crippen molar-refractivity contribution in [2.75, 3.05) is 0 Å². The Morgan fingerprint density at radius 1 is 1.10 bits per heavy atom. The Hall–Kier alpha value is -2.11. The first-order chi connectivity index (χ1) is 9.88. The first-order valence-corrected chi connectivity index (χ1v) is 6.61. The molecule has 112 valence electrons. The Bertz CT molecular complexity index is 763. The Morgan fingerprint density at radius 2 is 1.71 bits per heavy atom. The minimum atomic E-state index is -4.56. The molecule has 6 heteroatoms. The fourth-order valence-electron chi connectivity index (χ4n) is 1.86. The molecule has 0 unspecified atom stereocenters. The number of nitrogens with zero attached hydrogens (tertiary/aromatic N) is 2. The van der Waals surface area contributed by atoms with Crippen LogP contribution < -0.4 is 0 Å². The van der Waals surface area contributed by atoms with Crippen LogP contribution in [0.25, 0.3) is 22.1 Å². The molecule has 0 atom stereocenters. The fraction of sp³-hybridized carbons (Fsp3) is 0.333. The maximum atomic E-state index is 12.6. The molecule has 1 aromatic carbocycles. The number of benzene rings is 1. The highest BCUT2D eigenvalue weighted by molar-refractivity contribution is 6.02. The van der Waals surface area contributed by atoms with Crippen molar-refractivity contribution in [2.45, 2.75) is 33.4 Å². The van der Waals surface area contributed by atoms with Gasteiger partial charge >= 0.3 is 6.18 Å². The monoisotopic (exact) mass is 296 g/mol. The molecule has 21 heavy (non-hydrogen) atoms. The minimum Gasteiger partial charge on any atom is -0.452 e. The van der Waals surface area contributed by atoms with Crippen LogP contribution in [0.3, 0.4) is 0 Å². The van der Waals surface area contributed by atoms with Crippen LogP contribution in [0.5, 0.6) is 0 Å². The van der Waals surface area contributed by atoms with Gasteiger partial charge in [-0.1, -0.05) is 32.4 Å². The van der Waals surface area contributed by atoms with Crippen molar-refractivity contribution < 1.29 is 17.6 Å². The highest BCUT2D eigenvalue weighted by Gasteiger charge is 2.35. The van der Waals surface area contributed by atoms with Crippen molar-refractivity contribution >= 4 is 22.1 Å². The zero-order valence-corrected chi connectivity index (χ0v) is 12.0. The van der Waals surface area contributed by atoms with E-state index in [-0.39, 0.29) is 11.2 Å². The smallest absolute Gasteiger partial charge is 0.451 e. The van der Waals surface area contributed by atoms with Crippen LogP contribution in [-0.4, -0.2) is 9.97 Å². The summed E-state index contributed by atoms with van der Waals surface area (Å²) in [4.78, 5) is 7.00. The van der Waals surface area contributed by atoms with Gasteiger partial charge in [0.15, 0.2) is 5.58 Å². The first kappa shape index (κ1) is 15.3. The zero-order chi connectivity index (χ0) is 15.6. The van der Waals surface area contributed by atoms with Crippen molar-refractivity contribution in [3.05, 3.63) is 35.8 Å². The van der Waals surface area contributed by atoms with Gasteiger partial charge in [-0.15, -0.1) is 0 Å². The van der Waals surface area contributed by atoms with E-state index in [1.165, 1.54) is 13.3 Å². The largest absolute Gasteiger partial charge is 0.452 e. The molecule has 0 aliphatic carbocycles.